The average molecular weight is 276 g/mol. The highest BCUT2D eigenvalue weighted by molar-refractivity contribution is 5.74. The summed E-state index contributed by atoms with van der Waals surface area (Å²) in [6.45, 7) is 1.77. The molecule has 0 bridgehead atoms. The maximum atomic E-state index is 12.1. The molecule has 2 amide bonds. The Morgan fingerprint density at radius 1 is 1.25 bits per heavy atom. The highest BCUT2D eigenvalue weighted by atomic mass is 16.4. The molecule has 0 saturated heterocycles. The van der Waals surface area contributed by atoms with Crippen LogP contribution in [0.3, 0.4) is 0 Å². The van der Waals surface area contributed by atoms with Crippen LogP contribution in [0.2, 0.25) is 0 Å². The van der Waals surface area contributed by atoms with Crippen molar-refractivity contribution in [3.05, 3.63) is 35.4 Å². The van der Waals surface area contributed by atoms with E-state index in [0.29, 0.717) is 19.5 Å². The van der Waals surface area contributed by atoms with Crippen molar-refractivity contribution in [3.8, 4) is 0 Å². The lowest BCUT2D eigenvalue weighted by atomic mass is 10.0. The Morgan fingerprint density at radius 3 is 2.75 bits per heavy atom. The first-order chi connectivity index (χ1) is 9.66. The van der Waals surface area contributed by atoms with E-state index in [2.05, 4.69) is 17.4 Å². The summed E-state index contributed by atoms with van der Waals surface area (Å²) in [5.41, 5.74) is 2.51. The van der Waals surface area contributed by atoms with Crippen LogP contribution in [0.1, 0.15) is 30.4 Å². The predicted octanol–water partition coefficient (Wildman–Crippen LogP) is 2.01. The van der Waals surface area contributed by atoms with Crippen molar-refractivity contribution >= 4 is 12.0 Å². The van der Waals surface area contributed by atoms with Crippen LogP contribution in [0.4, 0.5) is 4.79 Å². The van der Waals surface area contributed by atoms with Crippen molar-refractivity contribution in [3.63, 3.8) is 0 Å². The minimum atomic E-state index is -0.831. The van der Waals surface area contributed by atoms with Crippen molar-refractivity contribution in [1.82, 2.24) is 10.2 Å². The number of hydrogen-bond acceptors (Lipinski definition) is 2. The number of nitrogens with zero attached hydrogens (tertiary/aromatic N) is 1. The molecule has 0 unspecified atom stereocenters. The SMILES string of the molecule is O=C(O)CCCNC(=O)N1CCCc2ccccc2C1. The van der Waals surface area contributed by atoms with Gasteiger partial charge in [0, 0.05) is 26.1 Å². The van der Waals surface area contributed by atoms with Crippen molar-refractivity contribution in [2.24, 2.45) is 0 Å². The van der Waals surface area contributed by atoms with Crippen LogP contribution in [0, 0.1) is 0 Å². The van der Waals surface area contributed by atoms with E-state index in [-0.39, 0.29) is 12.5 Å². The second-order valence-corrected chi connectivity index (χ2v) is 5.02. The first-order valence-electron chi connectivity index (χ1n) is 6.98. The number of hydrogen-bond donors (Lipinski definition) is 2. The van der Waals surface area contributed by atoms with Crippen LogP contribution in [-0.4, -0.2) is 35.1 Å². The summed E-state index contributed by atoms with van der Waals surface area (Å²) in [6.07, 6.45) is 2.51. The van der Waals surface area contributed by atoms with E-state index in [9.17, 15) is 9.59 Å². The maximum absolute atomic E-state index is 12.1. The molecule has 2 rings (SSSR count). The van der Waals surface area contributed by atoms with Gasteiger partial charge in [-0.2, -0.15) is 0 Å². The number of aryl methyl sites for hydroxylation is 1. The molecule has 2 N–H and O–H groups in total. The van der Waals surface area contributed by atoms with Crippen LogP contribution < -0.4 is 5.32 Å². The van der Waals surface area contributed by atoms with Crippen molar-refractivity contribution in [1.29, 1.82) is 0 Å². The van der Waals surface area contributed by atoms with Gasteiger partial charge in [0.2, 0.25) is 0 Å². The topological polar surface area (TPSA) is 69.6 Å². The Balaban J connectivity index is 1.86. The van der Waals surface area contributed by atoms with Gasteiger partial charge in [-0.25, -0.2) is 4.79 Å². The number of carboxylic acids is 1. The monoisotopic (exact) mass is 276 g/mol. The number of rotatable bonds is 4. The van der Waals surface area contributed by atoms with E-state index in [1.54, 1.807) is 4.90 Å². The van der Waals surface area contributed by atoms with Gasteiger partial charge >= 0.3 is 12.0 Å². The zero-order chi connectivity index (χ0) is 14.4. The molecule has 20 heavy (non-hydrogen) atoms. The van der Waals surface area contributed by atoms with Gasteiger partial charge in [0.15, 0.2) is 0 Å². The number of aliphatic carboxylic acids is 1. The summed E-state index contributed by atoms with van der Waals surface area (Å²) in [6, 6.07) is 8.09. The van der Waals surface area contributed by atoms with E-state index >= 15 is 0 Å². The number of urea groups is 1. The lowest BCUT2D eigenvalue weighted by molar-refractivity contribution is -0.137. The van der Waals surface area contributed by atoms with Gasteiger partial charge in [-0.05, 0) is 30.4 Å². The van der Waals surface area contributed by atoms with Crippen LogP contribution in [-0.2, 0) is 17.8 Å². The summed E-state index contributed by atoms with van der Waals surface area (Å²) < 4.78 is 0. The standard InChI is InChI=1S/C15H20N2O3/c18-14(19)8-3-9-16-15(20)17-10-4-7-12-5-1-2-6-13(12)11-17/h1-2,5-6H,3-4,7-11H2,(H,16,20)(H,18,19). The minimum Gasteiger partial charge on any atom is -0.481 e. The van der Waals surface area contributed by atoms with Crippen LogP contribution in [0.5, 0.6) is 0 Å². The fourth-order valence-electron chi connectivity index (χ4n) is 2.42. The summed E-state index contributed by atoms with van der Waals surface area (Å²) in [7, 11) is 0. The molecule has 1 aromatic carbocycles. The Kier molecular flexibility index (Phi) is 4.98. The highest BCUT2D eigenvalue weighted by Gasteiger charge is 2.18. The lowest BCUT2D eigenvalue weighted by Crippen LogP contribution is -2.40. The molecule has 5 nitrogen and oxygen atoms in total. The second kappa shape index (κ2) is 6.93. The molecular formula is C15H20N2O3. The zero-order valence-corrected chi connectivity index (χ0v) is 11.5. The van der Waals surface area contributed by atoms with E-state index in [1.165, 1.54) is 11.1 Å². The summed E-state index contributed by atoms with van der Waals surface area (Å²) >= 11 is 0. The van der Waals surface area contributed by atoms with E-state index in [4.69, 9.17) is 5.11 Å². The molecule has 1 heterocycles. The molecular weight excluding hydrogens is 256 g/mol. The molecule has 0 radical (unpaired) electrons. The van der Waals surface area contributed by atoms with Gasteiger partial charge in [-0.3, -0.25) is 4.79 Å². The lowest BCUT2D eigenvalue weighted by Gasteiger charge is -2.21. The minimum absolute atomic E-state index is 0.0864. The van der Waals surface area contributed by atoms with E-state index in [0.717, 1.165) is 19.4 Å². The molecule has 1 aromatic rings. The smallest absolute Gasteiger partial charge is 0.317 e. The Labute approximate surface area is 118 Å². The predicted molar refractivity (Wildman–Crippen MR) is 75.4 cm³/mol. The molecule has 0 fully saturated rings. The first kappa shape index (κ1) is 14.4. The van der Waals surface area contributed by atoms with Crippen molar-refractivity contribution in [2.75, 3.05) is 13.1 Å². The molecule has 0 aliphatic carbocycles. The van der Waals surface area contributed by atoms with Crippen molar-refractivity contribution in [2.45, 2.75) is 32.2 Å². The normalized spacial score (nSPS) is 14.3. The molecule has 108 valence electrons. The fourth-order valence-corrected chi connectivity index (χ4v) is 2.42. The third-order valence-electron chi connectivity index (χ3n) is 3.48. The van der Waals surface area contributed by atoms with Gasteiger partial charge in [0.1, 0.15) is 0 Å². The van der Waals surface area contributed by atoms with Gasteiger partial charge < -0.3 is 15.3 Å². The van der Waals surface area contributed by atoms with Crippen molar-refractivity contribution < 1.29 is 14.7 Å². The number of benzene rings is 1. The quantitative estimate of drug-likeness (QED) is 0.826. The third-order valence-corrected chi connectivity index (χ3v) is 3.48. The summed E-state index contributed by atoms with van der Waals surface area (Å²) in [5, 5.41) is 11.3. The van der Waals surface area contributed by atoms with E-state index in [1.807, 2.05) is 12.1 Å². The Hall–Kier alpha value is -2.04. The second-order valence-electron chi connectivity index (χ2n) is 5.02. The molecule has 0 aromatic heterocycles. The van der Waals surface area contributed by atoms with E-state index < -0.39 is 5.97 Å². The molecule has 0 saturated carbocycles. The van der Waals surface area contributed by atoms with Crippen LogP contribution in [0.25, 0.3) is 0 Å². The maximum Gasteiger partial charge on any atom is 0.317 e. The molecule has 0 atom stereocenters. The molecule has 0 spiro atoms. The van der Waals surface area contributed by atoms with Crippen LogP contribution >= 0.6 is 0 Å². The molecule has 5 heteroatoms. The Morgan fingerprint density at radius 2 is 2.00 bits per heavy atom. The fraction of sp³-hybridized carbons (Fsp3) is 0.467. The zero-order valence-electron chi connectivity index (χ0n) is 11.5. The number of fused-ring (bicyclic) bond motifs is 1. The number of carbonyl (C=O) groups excluding carboxylic acids is 1. The number of nitrogens with one attached hydrogen (secondary N) is 1. The number of amides is 2. The van der Waals surface area contributed by atoms with Gasteiger partial charge in [-0.15, -0.1) is 0 Å². The first-order valence-corrected chi connectivity index (χ1v) is 6.98. The number of carbonyl (C=O) groups is 2. The Bertz CT molecular complexity index is 488. The summed E-state index contributed by atoms with van der Waals surface area (Å²) in [4.78, 5) is 24.3. The van der Waals surface area contributed by atoms with Gasteiger partial charge in [-0.1, -0.05) is 24.3 Å². The molecule has 1 aliphatic heterocycles. The highest BCUT2D eigenvalue weighted by Crippen LogP contribution is 2.18. The largest absolute Gasteiger partial charge is 0.481 e. The average Bonchev–Trinajstić information content (AvgIpc) is 2.65. The van der Waals surface area contributed by atoms with Gasteiger partial charge in [0.25, 0.3) is 0 Å². The van der Waals surface area contributed by atoms with Gasteiger partial charge in [0.05, 0.1) is 0 Å². The summed E-state index contributed by atoms with van der Waals surface area (Å²) in [5.74, 6) is -0.831. The van der Waals surface area contributed by atoms with Crippen LogP contribution in [0.15, 0.2) is 24.3 Å². The molecule has 1 aliphatic rings. The number of carboxylic acid groups (broad SMARTS) is 1. The third kappa shape index (κ3) is 3.98.